The maximum Gasteiger partial charge on any atom is 0.240 e. The summed E-state index contributed by atoms with van der Waals surface area (Å²) in [6, 6.07) is 3.63. The third-order valence-corrected chi connectivity index (χ3v) is 3.33. The molecule has 1 unspecified atom stereocenters. The van der Waals surface area contributed by atoms with Crippen LogP contribution in [-0.2, 0) is 4.79 Å². The molecular formula is C11H13N3OS. The van der Waals surface area contributed by atoms with E-state index in [1.54, 1.807) is 23.7 Å². The molecule has 0 aliphatic carbocycles. The van der Waals surface area contributed by atoms with Gasteiger partial charge in [-0.05, 0) is 17.9 Å². The number of hydrogen-bond donors (Lipinski definition) is 1. The Labute approximate surface area is 97.7 Å². The van der Waals surface area contributed by atoms with Crippen LogP contribution in [0.3, 0.4) is 0 Å². The minimum absolute atomic E-state index is 0.320. The van der Waals surface area contributed by atoms with Crippen molar-refractivity contribution in [2.75, 3.05) is 0 Å². The average molecular weight is 235 g/mol. The predicted octanol–water partition coefficient (Wildman–Crippen LogP) is 2.05. The standard InChI is InChI=1S/C11H13N3OS/c1-2-8(10(12)15)14-6-5-13-11(14)9-4-3-7-16-9/h3-8H,2H2,1H3,(H2,12,15). The normalized spacial score (nSPS) is 12.6. The lowest BCUT2D eigenvalue weighted by molar-refractivity contribution is -0.121. The Morgan fingerprint density at radius 3 is 3.06 bits per heavy atom. The van der Waals surface area contributed by atoms with Gasteiger partial charge in [0.15, 0.2) is 5.82 Å². The summed E-state index contributed by atoms with van der Waals surface area (Å²) in [5.41, 5.74) is 5.38. The Morgan fingerprint density at radius 2 is 2.50 bits per heavy atom. The van der Waals surface area contributed by atoms with Gasteiger partial charge in [-0.2, -0.15) is 0 Å². The van der Waals surface area contributed by atoms with E-state index in [1.165, 1.54) is 0 Å². The average Bonchev–Trinajstić information content (AvgIpc) is 2.86. The zero-order chi connectivity index (χ0) is 11.5. The number of rotatable bonds is 4. The van der Waals surface area contributed by atoms with E-state index in [0.717, 1.165) is 10.7 Å². The zero-order valence-corrected chi connectivity index (χ0v) is 9.78. The van der Waals surface area contributed by atoms with Crippen molar-refractivity contribution in [3.63, 3.8) is 0 Å². The molecular weight excluding hydrogens is 222 g/mol. The fraction of sp³-hybridized carbons (Fsp3) is 0.273. The van der Waals surface area contributed by atoms with Crippen LogP contribution in [0.5, 0.6) is 0 Å². The molecule has 0 saturated heterocycles. The highest BCUT2D eigenvalue weighted by Gasteiger charge is 2.19. The van der Waals surface area contributed by atoms with Crippen LogP contribution in [0.4, 0.5) is 0 Å². The number of carbonyl (C=O) groups is 1. The molecule has 0 aliphatic rings. The monoisotopic (exact) mass is 235 g/mol. The van der Waals surface area contributed by atoms with E-state index in [0.29, 0.717) is 6.42 Å². The minimum atomic E-state index is -0.321. The molecule has 1 amide bonds. The number of hydrogen-bond acceptors (Lipinski definition) is 3. The fourth-order valence-electron chi connectivity index (χ4n) is 1.70. The molecule has 2 aromatic rings. The van der Waals surface area contributed by atoms with Crippen LogP contribution in [0.15, 0.2) is 29.9 Å². The topological polar surface area (TPSA) is 60.9 Å². The maximum atomic E-state index is 11.3. The highest BCUT2D eigenvalue weighted by atomic mass is 32.1. The Morgan fingerprint density at radius 1 is 1.69 bits per heavy atom. The van der Waals surface area contributed by atoms with E-state index < -0.39 is 0 Å². The number of imidazole rings is 1. The molecule has 0 saturated carbocycles. The molecule has 4 nitrogen and oxygen atoms in total. The summed E-state index contributed by atoms with van der Waals surface area (Å²) in [6.45, 7) is 1.94. The van der Waals surface area contributed by atoms with Gasteiger partial charge in [0.2, 0.25) is 5.91 Å². The molecule has 0 radical (unpaired) electrons. The third-order valence-electron chi connectivity index (χ3n) is 2.46. The molecule has 2 aromatic heterocycles. The summed E-state index contributed by atoms with van der Waals surface area (Å²) < 4.78 is 1.84. The summed E-state index contributed by atoms with van der Waals surface area (Å²) in [6.07, 6.45) is 4.17. The van der Waals surface area contributed by atoms with Crippen LogP contribution < -0.4 is 5.73 Å². The van der Waals surface area contributed by atoms with Crippen molar-refractivity contribution in [3.8, 4) is 10.7 Å². The maximum absolute atomic E-state index is 11.3. The SMILES string of the molecule is CCC(C(N)=O)n1ccnc1-c1cccs1. The first kappa shape index (κ1) is 10.9. The van der Waals surface area contributed by atoms with Gasteiger partial charge in [-0.15, -0.1) is 11.3 Å². The van der Waals surface area contributed by atoms with Crippen molar-refractivity contribution in [2.45, 2.75) is 19.4 Å². The van der Waals surface area contributed by atoms with Gasteiger partial charge in [0.05, 0.1) is 4.88 Å². The van der Waals surface area contributed by atoms with Crippen molar-refractivity contribution in [3.05, 3.63) is 29.9 Å². The van der Waals surface area contributed by atoms with Crippen LogP contribution in [0.25, 0.3) is 10.7 Å². The van der Waals surface area contributed by atoms with Gasteiger partial charge in [-0.1, -0.05) is 13.0 Å². The summed E-state index contributed by atoms with van der Waals surface area (Å²) >= 11 is 1.60. The highest BCUT2D eigenvalue weighted by molar-refractivity contribution is 7.13. The van der Waals surface area contributed by atoms with E-state index in [4.69, 9.17) is 5.73 Å². The van der Waals surface area contributed by atoms with Crippen molar-refractivity contribution in [1.82, 2.24) is 9.55 Å². The number of amides is 1. The second kappa shape index (κ2) is 4.49. The first-order valence-corrected chi connectivity index (χ1v) is 5.98. The lowest BCUT2D eigenvalue weighted by Gasteiger charge is -2.14. The smallest absolute Gasteiger partial charge is 0.240 e. The van der Waals surface area contributed by atoms with Gasteiger partial charge in [-0.3, -0.25) is 4.79 Å². The number of carbonyl (C=O) groups excluding carboxylic acids is 1. The van der Waals surface area contributed by atoms with Crippen LogP contribution in [0.1, 0.15) is 19.4 Å². The third kappa shape index (κ3) is 1.86. The lowest BCUT2D eigenvalue weighted by Crippen LogP contribution is -2.26. The van der Waals surface area contributed by atoms with Gasteiger partial charge in [0.25, 0.3) is 0 Å². The molecule has 84 valence electrons. The Bertz CT molecular complexity index is 475. The molecule has 5 heteroatoms. The van der Waals surface area contributed by atoms with Gasteiger partial charge >= 0.3 is 0 Å². The van der Waals surface area contributed by atoms with Crippen molar-refractivity contribution < 1.29 is 4.79 Å². The molecule has 16 heavy (non-hydrogen) atoms. The van der Waals surface area contributed by atoms with Crippen LogP contribution in [-0.4, -0.2) is 15.5 Å². The van der Waals surface area contributed by atoms with E-state index in [9.17, 15) is 4.79 Å². The first-order valence-electron chi connectivity index (χ1n) is 5.10. The highest BCUT2D eigenvalue weighted by Crippen LogP contribution is 2.26. The van der Waals surface area contributed by atoms with E-state index in [2.05, 4.69) is 4.98 Å². The van der Waals surface area contributed by atoms with Crippen LogP contribution in [0.2, 0.25) is 0 Å². The van der Waals surface area contributed by atoms with Crippen molar-refractivity contribution in [2.24, 2.45) is 5.73 Å². The molecule has 2 heterocycles. The molecule has 2 rings (SSSR count). The minimum Gasteiger partial charge on any atom is -0.368 e. The largest absolute Gasteiger partial charge is 0.368 e. The number of thiophene rings is 1. The molecule has 1 atom stereocenters. The number of aromatic nitrogens is 2. The van der Waals surface area contributed by atoms with Gasteiger partial charge in [0, 0.05) is 12.4 Å². The number of primary amides is 1. The van der Waals surface area contributed by atoms with Gasteiger partial charge in [0.1, 0.15) is 6.04 Å². The molecule has 0 bridgehead atoms. The Balaban J connectivity index is 2.43. The summed E-state index contributed by atoms with van der Waals surface area (Å²) in [7, 11) is 0. The molecule has 2 N–H and O–H groups in total. The van der Waals surface area contributed by atoms with Crippen LogP contribution >= 0.6 is 11.3 Å². The van der Waals surface area contributed by atoms with Crippen molar-refractivity contribution >= 4 is 17.2 Å². The molecule has 0 aliphatic heterocycles. The zero-order valence-electron chi connectivity index (χ0n) is 8.96. The van der Waals surface area contributed by atoms with Gasteiger partial charge in [-0.25, -0.2) is 4.98 Å². The van der Waals surface area contributed by atoms with Crippen LogP contribution in [0, 0.1) is 0 Å². The molecule has 0 aromatic carbocycles. The Kier molecular flexibility index (Phi) is 3.05. The second-order valence-corrected chi connectivity index (χ2v) is 4.41. The van der Waals surface area contributed by atoms with Gasteiger partial charge < -0.3 is 10.3 Å². The lowest BCUT2D eigenvalue weighted by atomic mass is 10.2. The fourth-order valence-corrected chi connectivity index (χ4v) is 2.42. The second-order valence-electron chi connectivity index (χ2n) is 3.46. The van der Waals surface area contributed by atoms with E-state index >= 15 is 0 Å². The molecule has 0 spiro atoms. The summed E-state index contributed by atoms with van der Waals surface area (Å²) in [4.78, 5) is 16.6. The van der Waals surface area contributed by atoms with E-state index in [1.807, 2.05) is 29.0 Å². The quantitative estimate of drug-likeness (QED) is 0.881. The molecule has 0 fully saturated rings. The number of nitrogens with zero attached hydrogens (tertiary/aromatic N) is 2. The van der Waals surface area contributed by atoms with Crippen molar-refractivity contribution in [1.29, 1.82) is 0 Å². The number of nitrogens with two attached hydrogens (primary N) is 1. The van der Waals surface area contributed by atoms with E-state index in [-0.39, 0.29) is 11.9 Å². The predicted molar refractivity (Wildman–Crippen MR) is 64.1 cm³/mol. The summed E-state index contributed by atoms with van der Waals surface area (Å²) in [5, 5.41) is 1.99. The Hall–Kier alpha value is -1.62. The first-order chi connectivity index (χ1) is 7.74. The summed E-state index contributed by atoms with van der Waals surface area (Å²) in [5.74, 6) is 0.485.